The van der Waals surface area contributed by atoms with Gasteiger partial charge in [-0.1, -0.05) is 0 Å². The summed E-state index contributed by atoms with van der Waals surface area (Å²) in [4.78, 5) is 0. The molecule has 0 aliphatic heterocycles. The van der Waals surface area contributed by atoms with E-state index < -0.39 is 86.7 Å². The van der Waals surface area contributed by atoms with E-state index in [1.54, 1.807) is 0 Å². The van der Waals surface area contributed by atoms with Crippen molar-refractivity contribution in [2.24, 2.45) is 0 Å². The van der Waals surface area contributed by atoms with Crippen LogP contribution in [-0.2, 0) is 0 Å². The lowest BCUT2D eigenvalue weighted by Crippen LogP contribution is -2.57. The van der Waals surface area contributed by atoms with Crippen LogP contribution in [0.2, 0.25) is 0 Å². The minimum atomic E-state index is -6.03. The molecule has 0 heterocycles. The molecule has 31 heavy (non-hydrogen) atoms. The summed E-state index contributed by atoms with van der Waals surface area (Å²) >= 11 is 0. The van der Waals surface area contributed by atoms with Gasteiger partial charge in [0.1, 0.15) is 0 Å². The Balaban J connectivity index is 4.60. The third kappa shape index (κ3) is 6.06. The van der Waals surface area contributed by atoms with Crippen molar-refractivity contribution < 1.29 is 61.5 Å². The van der Waals surface area contributed by atoms with Crippen molar-refractivity contribution in [3.05, 3.63) is 0 Å². The molecular weight excluding hydrogens is 472 g/mol. The Morgan fingerprint density at radius 1 is 0.548 bits per heavy atom. The molecule has 188 valence electrons. The Morgan fingerprint density at radius 2 is 0.806 bits per heavy atom. The normalized spacial score (nSPS) is 17.0. The van der Waals surface area contributed by atoms with Crippen molar-refractivity contribution in [3.8, 4) is 0 Å². The fourth-order valence-electron chi connectivity index (χ4n) is 2.30. The van der Waals surface area contributed by atoms with Gasteiger partial charge in [-0.3, -0.25) is 0 Å². The molecule has 0 spiro atoms. The molecule has 2 atom stereocenters. The number of hydrogen-bond acceptors (Lipinski definition) is 1. The number of hydrogen-bond donors (Lipinski definition) is 1. The van der Waals surface area contributed by atoms with Gasteiger partial charge in [0, 0.05) is 12.8 Å². The van der Waals surface area contributed by atoms with Gasteiger partial charge in [0.15, 0.2) is 12.3 Å². The Labute approximate surface area is 168 Å². The van der Waals surface area contributed by atoms with E-state index in [0.717, 1.165) is 0 Å². The van der Waals surface area contributed by atoms with Gasteiger partial charge in [-0.2, -0.15) is 52.7 Å². The molecule has 0 aliphatic rings. The molecule has 0 radical (unpaired) electrons. The van der Waals surface area contributed by atoms with Crippen LogP contribution in [0.1, 0.15) is 39.5 Å². The van der Waals surface area contributed by atoms with E-state index in [1.807, 2.05) is 0 Å². The smallest absolute Gasteiger partial charge is 0.317 e. The summed E-state index contributed by atoms with van der Waals surface area (Å²) in [7, 11) is 0. The Bertz CT molecular complexity index is 511. The molecule has 0 saturated heterocycles. The third-order valence-corrected chi connectivity index (χ3v) is 4.44. The zero-order valence-electron chi connectivity index (χ0n) is 16.2. The lowest BCUT2D eigenvalue weighted by molar-refractivity contribution is -0.324. The van der Waals surface area contributed by atoms with E-state index >= 15 is 0 Å². The molecule has 0 bridgehead atoms. The first-order valence-corrected chi connectivity index (χ1v) is 8.85. The molecule has 0 amide bonds. The summed E-state index contributed by atoms with van der Waals surface area (Å²) in [5, 5.41) is 2.08. The van der Waals surface area contributed by atoms with Gasteiger partial charge in [-0.05, 0) is 39.8 Å². The van der Waals surface area contributed by atoms with E-state index in [0.29, 0.717) is 0 Å². The second-order valence-corrected chi connectivity index (χ2v) is 6.99. The highest BCUT2D eigenvalue weighted by Gasteiger charge is 2.74. The lowest BCUT2D eigenvalue weighted by Gasteiger charge is -2.33. The second-order valence-electron chi connectivity index (χ2n) is 6.99. The van der Waals surface area contributed by atoms with E-state index in [1.165, 1.54) is 0 Å². The fourth-order valence-corrected chi connectivity index (χ4v) is 2.30. The standard InChI is InChI=1S/C16H21F14N/c1-9(17)13(23,24)15(27,28)11(19,20)5-3-7-31-8-4-6-12(21,22)16(29,30)14(25,26)10(2)18/h9-10,31H,3-8H2,1-2H3. The second kappa shape index (κ2) is 9.86. The van der Waals surface area contributed by atoms with Crippen LogP contribution in [0.3, 0.4) is 0 Å². The highest BCUT2D eigenvalue weighted by atomic mass is 19.4. The first kappa shape index (κ1) is 30.0. The highest BCUT2D eigenvalue weighted by molar-refractivity contribution is 5.00. The third-order valence-electron chi connectivity index (χ3n) is 4.44. The summed E-state index contributed by atoms with van der Waals surface area (Å²) < 4.78 is 184. The number of rotatable bonds is 14. The zero-order valence-corrected chi connectivity index (χ0v) is 16.2. The van der Waals surface area contributed by atoms with Crippen LogP contribution in [-0.4, -0.2) is 61.0 Å². The summed E-state index contributed by atoms with van der Waals surface area (Å²) in [5.74, 6) is -34.1. The average Bonchev–Trinajstić information content (AvgIpc) is 2.59. The molecule has 0 saturated carbocycles. The van der Waals surface area contributed by atoms with Crippen LogP contribution in [0.15, 0.2) is 0 Å². The quantitative estimate of drug-likeness (QED) is 0.211. The van der Waals surface area contributed by atoms with Crippen LogP contribution < -0.4 is 5.32 Å². The Hall–Kier alpha value is -1.02. The number of nitrogens with one attached hydrogen (secondary N) is 1. The number of alkyl halides is 14. The molecule has 0 rings (SSSR count). The van der Waals surface area contributed by atoms with Gasteiger partial charge in [-0.15, -0.1) is 0 Å². The molecule has 1 nitrogen and oxygen atoms in total. The first-order valence-electron chi connectivity index (χ1n) is 8.85. The average molecular weight is 493 g/mol. The summed E-state index contributed by atoms with van der Waals surface area (Å²) in [6, 6.07) is 0. The van der Waals surface area contributed by atoms with E-state index in [4.69, 9.17) is 0 Å². The van der Waals surface area contributed by atoms with Crippen molar-refractivity contribution in [2.75, 3.05) is 13.1 Å². The highest BCUT2D eigenvalue weighted by Crippen LogP contribution is 2.51. The lowest BCUT2D eigenvalue weighted by atomic mass is 9.97. The van der Waals surface area contributed by atoms with Crippen LogP contribution in [0.4, 0.5) is 61.5 Å². The van der Waals surface area contributed by atoms with E-state index in [-0.39, 0.29) is 13.8 Å². The van der Waals surface area contributed by atoms with Crippen LogP contribution in [0, 0.1) is 0 Å². The van der Waals surface area contributed by atoms with Crippen LogP contribution in [0.25, 0.3) is 0 Å². The van der Waals surface area contributed by atoms with E-state index in [2.05, 4.69) is 5.32 Å². The van der Waals surface area contributed by atoms with Crippen molar-refractivity contribution in [2.45, 2.75) is 87.4 Å². The maximum atomic E-state index is 13.4. The molecule has 0 aromatic rings. The minimum Gasteiger partial charge on any atom is -0.317 e. The molecule has 0 aromatic heterocycles. The predicted molar refractivity (Wildman–Crippen MR) is 82.2 cm³/mol. The Morgan fingerprint density at radius 3 is 1.03 bits per heavy atom. The molecule has 2 unspecified atom stereocenters. The summed E-state index contributed by atoms with van der Waals surface area (Å²) in [6.45, 7) is -1.37. The van der Waals surface area contributed by atoms with Gasteiger partial charge in [0.25, 0.3) is 0 Å². The van der Waals surface area contributed by atoms with Crippen molar-refractivity contribution in [1.29, 1.82) is 0 Å². The van der Waals surface area contributed by atoms with Crippen molar-refractivity contribution in [1.82, 2.24) is 5.32 Å². The first-order chi connectivity index (χ1) is 13.6. The summed E-state index contributed by atoms with van der Waals surface area (Å²) in [6.07, 6.45) is -12.7. The Kier molecular flexibility index (Phi) is 9.53. The number of halogens is 14. The largest absolute Gasteiger partial charge is 0.374 e. The summed E-state index contributed by atoms with van der Waals surface area (Å²) in [5.41, 5.74) is 0. The van der Waals surface area contributed by atoms with Crippen LogP contribution >= 0.6 is 0 Å². The van der Waals surface area contributed by atoms with E-state index in [9.17, 15) is 61.5 Å². The fraction of sp³-hybridized carbons (Fsp3) is 1.00. The van der Waals surface area contributed by atoms with Gasteiger partial charge < -0.3 is 5.32 Å². The van der Waals surface area contributed by atoms with Crippen molar-refractivity contribution >= 4 is 0 Å². The minimum absolute atomic E-state index is 0.0328. The molecule has 0 aromatic carbocycles. The van der Waals surface area contributed by atoms with Gasteiger partial charge in [-0.25, -0.2) is 8.78 Å². The van der Waals surface area contributed by atoms with Gasteiger partial charge >= 0.3 is 35.5 Å². The SMILES string of the molecule is CC(F)C(F)(F)C(F)(F)C(F)(F)CCCNCCCC(F)(F)C(F)(F)C(F)(F)C(C)F. The molecule has 0 fully saturated rings. The van der Waals surface area contributed by atoms with Gasteiger partial charge in [0.05, 0.1) is 0 Å². The van der Waals surface area contributed by atoms with Gasteiger partial charge in [0.2, 0.25) is 0 Å². The molecular formula is C16H21F14N. The topological polar surface area (TPSA) is 12.0 Å². The molecule has 15 heteroatoms. The maximum absolute atomic E-state index is 13.4. The zero-order chi connectivity index (χ0) is 25.1. The molecule has 0 aliphatic carbocycles. The predicted octanol–water partition coefficient (Wildman–Crippen LogP) is 6.66. The monoisotopic (exact) mass is 493 g/mol. The maximum Gasteiger partial charge on any atom is 0.374 e. The van der Waals surface area contributed by atoms with Crippen LogP contribution in [0.5, 0.6) is 0 Å². The molecule has 1 N–H and O–H groups in total. The van der Waals surface area contributed by atoms with Crippen molar-refractivity contribution in [3.63, 3.8) is 0 Å².